The van der Waals surface area contributed by atoms with E-state index in [2.05, 4.69) is 0 Å². The van der Waals surface area contributed by atoms with Gasteiger partial charge in [-0.25, -0.2) is 0 Å². The molecule has 1 atom stereocenters. The number of aryl methyl sites for hydroxylation is 3. The minimum Gasteiger partial charge on any atom is -0.508 e. The van der Waals surface area contributed by atoms with Crippen molar-refractivity contribution in [3.8, 4) is 28.7 Å². The van der Waals surface area contributed by atoms with Crippen molar-refractivity contribution in [1.82, 2.24) is 0 Å². The van der Waals surface area contributed by atoms with Gasteiger partial charge in [-0.05, 0) is 101 Å². The van der Waals surface area contributed by atoms with E-state index in [0.29, 0.717) is 44.5 Å². The van der Waals surface area contributed by atoms with Gasteiger partial charge in [0.25, 0.3) is 0 Å². The molecule has 5 aromatic carbocycles. The number of rotatable bonds is 9. The third kappa shape index (κ3) is 7.13. The van der Waals surface area contributed by atoms with E-state index in [4.69, 9.17) is 4.74 Å². The summed E-state index contributed by atoms with van der Waals surface area (Å²) in [5.74, 6) is 1.49. The van der Waals surface area contributed by atoms with Crippen LogP contribution in [0, 0.1) is 20.8 Å². The zero-order valence-electron chi connectivity index (χ0n) is 24.9. The molecule has 220 valence electrons. The van der Waals surface area contributed by atoms with Crippen LogP contribution in [0.4, 0.5) is 0 Å². The summed E-state index contributed by atoms with van der Waals surface area (Å²) in [5, 5.41) is 46.1. The van der Waals surface area contributed by atoms with E-state index in [1.165, 1.54) is 0 Å². The van der Waals surface area contributed by atoms with E-state index in [9.17, 15) is 20.4 Å². The lowest BCUT2D eigenvalue weighted by Crippen LogP contribution is -2.08. The Hall–Kier alpha value is -4.47. The first-order valence-corrected chi connectivity index (χ1v) is 15.2. The maximum Gasteiger partial charge on any atom is 0.122 e. The largest absolute Gasteiger partial charge is 0.508 e. The maximum atomic E-state index is 11.6. The Morgan fingerprint density at radius 2 is 0.907 bits per heavy atom. The summed E-state index contributed by atoms with van der Waals surface area (Å²) in [5.41, 5.74) is 7.37. The van der Waals surface area contributed by atoms with Gasteiger partial charge in [-0.1, -0.05) is 73.8 Å². The summed E-state index contributed by atoms with van der Waals surface area (Å²) in [6, 6.07) is 26.8. The average Bonchev–Trinajstić information content (AvgIpc) is 2.97. The molecule has 0 amide bonds. The number of hydrogen-bond acceptors (Lipinski definition) is 5. The number of phenols is 4. The first-order valence-electron chi connectivity index (χ1n) is 14.2. The predicted molar refractivity (Wildman–Crippen MR) is 176 cm³/mol. The van der Waals surface area contributed by atoms with Gasteiger partial charge in [-0.3, -0.25) is 0 Å². The zero-order valence-corrected chi connectivity index (χ0v) is 25.9. The van der Waals surface area contributed by atoms with Gasteiger partial charge >= 0.3 is 0 Å². The fourth-order valence-electron chi connectivity index (χ4n) is 5.47. The summed E-state index contributed by atoms with van der Waals surface area (Å²) < 4.78 is 5.32. The second-order valence-corrected chi connectivity index (χ2v) is 12.6. The Kier molecular flexibility index (Phi) is 8.94. The molecule has 0 aliphatic rings. The smallest absolute Gasteiger partial charge is 0.122 e. The molecule has 4 N–H and O–H groups in total. The van der Waals surface area contributed by atoms with Crippen LogP contribution in [0.5, 0.6) is 28.7 Å². The zero-order chi connectivity index (χ0) is 30.7. The summed E-state index contributed by atoms with van der Waals surface area (Å²) in [7, 11) is 1.98. The third-order valence-electron chi connectivity index (χ3n) is 7.67. The molecule has 0 bridgehead atoms. The molecule has 0 spiro atoms. The van der Waals surface area contributed by atoms with Crippen LogP contribution in [0.3, 0.4) is 0 Å². The third-order valence-corrected chi connectivity index (χ3v) is 8.87. The Bertz CT molecular complexity index is 1780. The lowest BCUT2D eigenvalue weighted by atomic mass is 9.93. The van der Waals surface area contributed by atoms with Crippen molar-refractivity contribution in [2.24, 2.45) is 0 Å². The number of benzene rings is 5. The lowest BCUT2D eigenvalue weighted by Gasteiger charge is -2.17. The first-order chi connectivity index (χ1) is 20.6. The lowest BCUT2D eigenvalue weighted by molar-refractivity contribution is 0.415. The molecular weight excluding hydrogens is 555 g/mol. The van der Waals surface area contributed by atoms with Crippen molar-refractivity contribution in [2.75, 3.05) is 7.11 Å². The number of methoxy groups -OCH3 is 1. The minimum absolute atomic E-state index is 0.156. The van der Waals surface area contributed by atoms with Crippen LogP contribution in [-0.4, -0.2) is 27.5 Å². The Labute approximate surface area is 254 Å². The highest BCUT2D eigenvalue weighted by atomic mass is 31.1. The molecular formula is C37H37O5P. The summed E-state index contributed by atoms with van der Waals surface area (Å²) >= 11 is 0. The predicted octanol–water partition coefficient (Wildman–Crippen LogP) is 6.84. The van der Waals surface area contributed by atoms with Gasteiger partial charge in [0.2, 0.25) is 0 Å². The molecule has 6 heteroatoms. The van der Waals surface area contributed by atoms with Gasteiger partial charge < -0.3 is 25.2 Å². The van der Waals surface area contributed by atoms with Gasteiger partial charge in [0.1, 0.15) is 28.7 Å². The highest BCUT2D eigenvalue weighted by Crippen LogP contribution is 2.35. The van der Waals surface area contributed by atoms with E-state index in [1.54, 1.807) is 19.2 Å². The van der Waals surface area contributed by atoms with Crippen LogP contribution in [0.2, 0.25) is 0 Å². The monoisotopic (exact) mass is 592 g/mol. The molecule has 0 radical (unpaired) electrons. The van der Waals surface area contributed by atoms with Crippen molar-refractivity contribution in [3.05, 3.63) is 135 Å². The summed E-state index contributed by atoms with van der Waals surface area (Å²) in [6.45, 7) is 5.93. The molecule has 0 saturated carbocycles. The summed E-state index contributed by atoms with van der Waals surface area (Å²) in [4.78, 5) is 0. The van der Waals surface area contributed by atoms with Crippen LogP contribution < -0.4 is 15.3 Å². The molecule has 5 nitrogen and oxygen atoms in total. The van der Waals surface area contributed by atoms with Crippen LogP contribution in [0.25, 0.3) is 0 Å². The molecule has 5 rings (SSSR count). The molecule has 1 unspecified atom stereocenters. The molecule has 0 aromatic heterocycles. The fraction of sp³-hybridized carbons (Fsp3) is 0.189. The average molecular weight is 593 g/mol. The van der Waals surface area contributed by atoms with Crippen molar-refractivity contribution in [1.29, 1.82) is 0 Å². The first kappa shape index (κ1) is 30.0. The highest BCUT2D eigenvalue weighted by molar-refractivity contribution is 7.55. The number of hydrogen-bond donors (Lipinski definition) is 4. The van der Waals surface area contributed by atoms with E-state index in [0.717, 1.165) is 49.7 Å². The summed E-state index contributed by atoms with van der Waals surface area (Å²) in [6.07, 6.45) is 1.07. The quantitative estimate of drug-likeness (QED) is 0.141. The number of ether oxygens (including phenoxy) is 1. The topological polar surface area (TPSA) is 90.2 Å². The Morgan fingerprint density at radius 3 is 1.37 bits per heavy atom. The normalized spacial score (nSPS) is 11.3. The van der Waals surface area contributed by atoms with Gasteiger partial charge in [0.05, 0.1) is 7.11 Å². The Balaban J connectivity index is 1.54. The fourth-order valence-corrected chi connectivity index (χ4v) is 6.63. The van der Waals surface area contributed by atoms with Crippen molar-refractivity contribution < 1.29 is 25.2 Å². The van der Waals surface area contributed by atoms with Crippen LogP contribution >= 0.6 is 8.58 Å². The molecule has 0 heterocycles. The van der Waals surface area contributed by atoms with E-state index >= 15 is 0 Å². The van der Waals surface area contributed by atoms with Gasteiger partial charge in [-0.2, -0.15) is 0 Å². The van der Waals surface area contributed by atoms with Gasteiger partial charge in [0, 0.05) is 19.3 Å². The second kappa shape index (κ2) is 12.8. The van der Waals surface area contributed by atoms with Crippen molar-refractivity contribution >= 4 is 19.2 Å². The van der Waals surface area contributed by atoms with E-state index in [-0.39, 0.29) is 23.0 Å². The molecule has 0 aliphatic carbocycles. The van der Waals surface area contributed by atoms with Crippen LogP contribution in [0.1, 0.15) is 50.1 Å². The van der Waals surface area contributed by atoms with Crippen LogP contribution in [-0.2, 0) is 19.3 Å². The standard InChI is InChI=1S/C37H37O5P/c1-22-5-11-34(38)25(13-22)17-27-15-24(3)16-28(36(27)40)19-30-21-33(43-32-9-7-31(42-4)8-10-32)20-29(37(30)41)18-26-14-23(2)6-12-35(26)39/h5-16,20-21,38-41,43H,17-19H2,1-4H3. The molecule has 0 aliphatic heterocycles. The molecule has 0 saturated heterocycles. The molecule has 5 aromatic rings. The van der Waals surface area contributed by atoms with Crippen molar-refractivity contribution in [3.63, 3.8) is 0 Å². The minimum atomic E-state index is 0.156. The maximum absolute atomic E-state index is 11.6. The second-order valence-electron chi connectivity index (χ2n) is 11.2. The SMILES string of the molecule is COc1ccc(Pc2cc(Cc3cc(C)ccc3O)c(O)c(Cc3cc(C)cc(Cc4cc(C)ccc4O)c3O)c2)cc1. The van der Waals surface area contributed by atoms with Gasteiger partial charge in [-0.15, -0.1) is 0 Å². The van der Waals surface area contributed by atoms with Crippen molar-refractivity contribution in [2.45, 2.75) is 40.0 Å². The Morgan fingerprint density at radius 1 is 0.488 bits per heavy atom. The number of phenolic OH excluding ortho intramolecular Hbond substituents is 4. The number of aromatic hydroxyl groups is 4. The van der Waals surface area contributed by atoms with Gasteiger partial charge in [0.15, 0.2) is 0 Å². The molecule has 43 heavy (non-hydrogen) atoms. The molecule has 0 fully saturated rings. The van der Waals surface area contributed by atoms with Crippen LogP contribution in [0.15, 0.2) is 84.9 Å². The van der Waals surface area contributed by atoms with E-state index < -0.39 is 0 Å². The highest BCUT2D eigenvalue weighted by Gasteiger charge is 2.18. The van der Waals surface area contributed by atoms with E-state index in [1.807, 2.05) is 93.6 Å².